The Bertz CT molecular complexity index is 442. The number of methoxy groups -OCH3 is 1. The third kappa shape index (κ3) is 3.61. The van der Waals surface area contributed by atoms with Crippen LogP contribution in [0.4, 0.5) is 5.69 Å². The Hall–Kier alpha value is -1.75. The highest BCUT2D eigenvalue weighted by atomic mass is 16.5. The van der Waals surface area contributed by atoms with Gasteiger partial charge in [0.1, 0.15) is 11.9 Å². The number of nitrogens with one attached hydrogen (secondary N) is 1. The number of ether oxygens (including phenoxy) is 2. The Kier molecular flexibility index (Phi) is 4.63. The molecule has 1 atom stereocenters. The van der Waals surface area contributed by atoms with E-state index in [1.165, 1.54) is 0 Å². The minimum Gasteiger partial charge on any atom is -0.495 e. The minimum absolute atomic E-state index is 0.0471. The molecular weight excluding hydrogens is 244 g/mol. The molecule has 3 N–H and O–H groups in total. The topological polar surface area (TPSA) is 73.6 Å². The van der Waals surface area contributed by atoms with E-state index in [2.05, 4.69) is 5.32 Å². The summed E-state index contributed by atoms with van der Waals surface area (Å²) in [5, 5.41) is 2.87. The summed E-state index contributed by atoms with van der Waals surface area (Å²) in [7, 11) is 1.58. The number of nitrogen functional groups attached to an aromatic ring is 1. The van der Waals surface area contributed by atoms with Gasteiger partial charge in [-0.05, 0) is 37.0 Å². The first-order valence-corrected chi connectivity index (χ1v) is 6.52. The second-order valence-corrected chi connectivity index (χ2v) is 4.65. The van der Waals surface area contributed by atoms with E-state index in [4.69, 9.17) is 15.2 Å². The largest absolute Gasteiger partial charge is 0.495 e. The number of anilines is 1. The first-order chi connectivity index (χ1) is 9.20. The van der Waals surface area contributed by atoms with Crippen LogP contribution in [-0.4, -0.2) is 25.7 Å². The van der Waals surface area contributed by atoms with Gasteiger partial charge in [-0.25, -0.2) is 0 Å². The van der Waals surface area contributed by atoms with Crippen molar-refractivity contribution in [1.82, 2.24) is 5.32 Å². The molecule has 5 nitrogen and oxygen atoms in total. The van der Waals surface area contributed by atoms with Crippen molar-refractivity contribution in [1.29, 1.82) is 0 Å². The Morgan fingerprint density at radius 2 is 2.37 bits per heavy atom. The van der Waals surface area contributed by atoms with Crippen molar-refractivity contribution >= 4 is 11.6 Å². The second kappa shape index (κ2) is 6.43. The van der Waals surface area contributed by atoms with Crippen molar-refractivity contribution in [3.05, 3.63) is 23.8 Å². The van der Waals surface area contributed by atoms with E-state index in [1.807, 2.05) is 6.07 Å². The normalized spacial score (nSPS) is 18.9. The fourth-order valence-electron chi connectivity index (χ4n) is 2.14. The van der Waals surface area contributed by atoms with Crippen LogP contribution in [0.2, 0.25) is 0 Å². The molecule has 0 aromatic heterocycles. The minimum atomic E-state index is -0.302. The van der Waals surface area contributed by atoms with Gasteiger partial charge in [0.05, 0.1) is 12.8 Å². The highest BCUT2D eigenvalue weighted by molar-refractivity contribution is 5.80. The van der Waals surface area contributed by atoms with Crippen LogP contribution in [0.15, 0.2) is 18.2 Å². The van der Waals surface area contributed by atoms with Crippen molar-refractivity contribution in [2.45, 2.75) is 31.9 Å². The molecule has 1 fully saturated rings. The Balaban J connectivity index is 1.87. The van der Waals surface area contributed by atoms with Crippen LogP contribution in [0.1, 0.15) is 24.8 Å². The molecular formula is C14H20N2O3. The number of rotatable bonds is 4. The van der Waals surface area contributed by atoms with Crippen molar-refractivity contribution < 1.29 is 14.3 Å². The summed E-state index contributed by atoms with van der Waals surface area (Å²) in [5.41, 5.74) is 7.34. The Morgan fingerprint density at radius 1 is 1.53 bits per heavy atom. The maximum absolute atomic E-state index is 11.9. The predicted molar refractivity (Wildman–Crippen MR) is 72.8 cm³/mol. The molecule has 5 heteroatoms. The molecule has 104 valence electrons. The summed E-state index contributed by atoms with van der Waals surface area (Å²) >= 11 is 0. The molecule has 1 heterocycles. The number of carbonyl (C=O) groups is 1. The van der Waals surface area contributed by atoms with Crippen LogP contribution in [0, 0.1) is 0 Å². The summed E-state index contributed by atoms with van der Waals surface area (Å²) < 4.78 is 10.5. The van der Waals surface area contributed by atoms with E-state index in [0.717, 1.165) is 24.8 Å². The monoisotopic (exact) mass is 264 g/mol. The third-order valence-corrected chi connectivity index (χ3v) is 3.23. The maximum atomic E-state index is 11.9. The highest BCUT2D eigenvalue weighted by Crippen LogP contribution is 2.21. The molecule has 1 unspecified atom stereocenters. The molecule has 0 bridgehead atoms. The number of carbonyl (C=O) groups excluding carboxylic acids is 1. The molecule has 1 amide bonds. The summed E-state index contributed by atoms with van der Waals surface area (Å²) in [6, 6.07) is 5.49. The van der Waals surface area contributed by atoms with Crippen LogP contribution in [0.25, 0.3) is 0 Å². The average molecular weight is 264 g/mol. The number of hydrogen-bond donors (Lipinski definition) is 2. The maximum Gasteiger partial charge on any atom is 0.249 e. The summed E-state index contributed by atoms with van der Waals surface area (Å²) in [6.07, 6.45) is 2.59. The molecule has 1 aliphatic heterocycles. The summed E-state index contributed by atoms with van der Waals surface area (Å²) in [5.74, 6) is 0.597. The lowest BCUT2D eigenvalue weighted by Crippen LogP contribution is -2.37. The number of nitrogens with two attached hydrogens (primary N) is 1. The molecule has 0 saturated carbocycles. The average Bonchev–Trinajstić information content (AvgIpc) is 2.46. The van der Waals surface area contributed by atoms with Crippen molar-refractivity contribution in [2.75, 3.05) is 19.5 Å². The lowest BCUT2D eigenvalue weighted by molar-refractivity contribution is -0.135. The zero-order valence-electron chi connectivity index (χ0n) is 11.1. The zero-order chi connectivity index (χ0) is 13.7. The van der Waals surface area contributed by atoms with Crippen molar-refractivity contribution in [2.24, 2.45) is 0 Å². The molecule has 2 rings (SSSR count). The Labute approximate surface area is 113 Å². The van der Waals surface area contributed by atoms with E-state index >= 15 is 0 Å². The van der Waals surface area contributed by atoms with Gasteiger partial charge >= 0.3 is 0 Å². The van der Waals surface area contributed by atoms with Gasteiger partial charge in [0, 0.05) is 13.2 Å². The molecule has 1 aromatic rings. The van der Waals surface area contributed by atoms with Crippen LogP contribution in [-0.2, 0) is 16.1 Å². The van der Waals surface area contributed by atoms with Gasteiger partial charge in [-0.3, -0.25) is 4.79 Å². The lowest BCUT2D eigenvalue weighted by Gasteiger charge is -2.21. The standard InChI is InChI=1S/C14H20N2O3/c1-18-12-6-5-10(8-11(12)15)9-16-14(17)13-4-2-3-7-19-13/h5-6,8,13H,2-4,7,9,15H2,1H3,(H,16,17). The van der Waals surface area contributed by atoms with E-state index < -0.39 is 0 Å². The molecule has 0 aliphatic carbocycles. The van der Waals surface area contributed by atoms with E-state index in [9.17, 15) is 4.79 Å². The molecule has 1 aromatic carbocycles. The summed E-state index contributed by atoms with van der Waals surface area (Å²) in [6.45, 7) is 1.13. The smallest absolute Gasteiger partial charge is 0.249 e. The van der Waals surface area contributed by atoms with Gasteiger partial charge in [-0.1, -0.05) is 6.07 Å². The van der Waals surface area contributed by atoms with Gasteiger partial charge in [-0.2, -0.15) is 0 Å². The molecule has 1 aliphatic rings. The number of hydrogen-bond acceptors (Lipinski definition) is 4. The van der Waals surface area contributed by atoms with Crippen molar-refractivity contribution in [3.63, 3.8) is 0 Å². The molecule has 19 heavy (non-hydrogen) atoms. The van der Waals surface area contributed by atoms with Crippen LogP contribution < -0.4 is 15.8 Å². The quantitative estimate of drug-likeness (QED) is 0.807. The van der Waals surface area contributed by atoms with Gasteiger partial charge < -0.3 is 20.5 Å². The molecule has 1 saturated heterocycles. The fraction of sp³-hybridized carbons (Fsp3) is 0.500. The highest BCUT2D eigenvalue weighted by Gasteiger charge is 2.21. The first-order valence-electron chi connectivity index (χ1n) is 6.52. The van der Waals surface area contributed by atoms with E-state index in [1.54, 1.807) is 19.2 Å². The van der Waals surface area contributed by atoms with Gasteiger partial charge in [0.25, 0.3) is 0 Å². The number of amides is 1. The predicted octanol–water partition coefficient (Wildman–Crippen LogP) is 1.46. The van der Waals surface area contributed by atoms with E-state index in [0.29, 0.717) is 24.6 Å². The van der Waals surface area contributed by atoms with Gasteiger partial charge in [0.2, 0.25) is 5.91 Å². The van der Waals surface area contributed by atoms with Crippen LogP contribution >= 0.6 is 0 Å². The molecule has 0 spiro atoms. The van der Waals surface area contributed by atoms with E-state index in [-0.39, 0.29) is 12.0 Å². The van der Waals surface area contributed by atoms with Gasteiger partial charge in [0.15, 0.2) is 0 Å². The molecule has 0 radical (unpaired) electrons. The second-order valence-electron chi connectivity index (χ2n) is 4.65. The van der Waals surface area contributed by atoms with Crippen LogP contribution in [0.3, 0.4) is 0 Å². The van der Waals surface area contributed by atoms with Crippen molar-refractivity contribution in [3.8, 4) is 5.75 Å². The first kappa shape index (κ1) is 13.7. The third-order valence-electron chi connectivity index (χ3n) is 3.23. The van der Waals surface area contributed by atoms with Crippen LogP contribution in [0.5, 0.6) is 5.75 Å². The fourth-order valence-corrected chi connectivity index (χ4v) is 2.14. The SMILES string of the molecule is COc1ccc(CNC(=O)C2CCCCO2)cc1N. The lowest BCUT2D eigenvalue weighted by atomic mass is 10.1. The Morgan fingerprint density at radius 3 is 3.00 bits per heavy atom. The summed E-state index contributed by atoms with van der Waals surface area (Å²) in [4.78, 5) is 11.9. The zero-order valence-corrected chi connectivity index (χ0v) is 11.1. The van der Waals surface area contributed by atoms with Gasteiger partial charge in [-0.15, -0.1) is 0 Å². The number of benzene rings is 1.